The Kier molecular flexibility index (Phi) is 3.64. The zero-order chi connectivity index (χ0) is 13.1. The molecule has 1 heterocycles. The van der Waals surface area contributed by atoms with Gasteiger partial charge in [-0.25, -0.2) is 9.97 Å². The topological polar surface area (TPSA) is 87.6 Å². The van der Waals surface area contributed by atoms with E-state index in [4.69, 9.17) is 10.9 Å². The largest absolute Gasteiger partial charge is 0.409 e. The highest BCUT2D eigenvalue weighted by atomic mass is 16.4. The smallest absolute Gasteiger partial charge is 0.226 e. The van der Waals surface area contributed by atoms with Crippen LogP contribution in [-0.4, -0.2) is 33.6 Å². The van der Waals surface area contributed by atoms with Gasteiger partial charge >= 0.3 is 0 Å². The Labute approximate surface area is 107 Å². The number of aromatic nitrogens is 2. The SMILES string of the molecule is CC(C)N(CC1CC1)c1nccc(/C(N)=N/O)n1. The molecule has 6 nitrogen and oxygen atoms in total. The van der Waals surface area contributed by atoms with Crippen molar-refractivity contribution in [2.45, 2.75) is 32.7 Å². The van der Waals surface area contributed by atoms with E-state index in [1.54, 1.807) is 12.3 Å². The second-order valence-electron chi connectivity index (χ2n) is 4.92. The van der Waals surface area contributed by atoms with Crippen molar-refractivity contribution in [3.05, 3.63) is 18.0 Å². The van der Waals surface area contributed by atoms with Gasteiger partial charge < -0.3 is 15.8 Å². The normalized spacial score (nSPS) is 16.1. The van der Waals surface area contributed by atoms with Gasteiger partial charge in [0.05, 0.1) is 0 Å². The Balaban J connectivity index is 2.23. The summed E-state index contributed by atoms with van der Waals surface area (Å²) in [7, 11) is 0. The van der Waals surface area contributed by atoms with E-state index in [9.17, 15) is 0 Å². The van der Waals surface area contributed by atoms with Gasteiger partial charge in [0, 0.05) is 18.8 Å². The molecule has 6 heteroatoms. The first-order chi connectivity index (χ1) is 8.61. The number of nitrogens with zero attached hydrogens (tertiary/aromatic N) is 4. The number of rotatable bonds is 5. The molecule has 0 radical (unpaired) electrons. The van der Waals surface area contributed by atoms with Gasteiger partial charge in [-0.05, 0) is 38.7 Å². The van der Waals surface area contributed by atoms with Crippen molar-refractivity contribution in [1.82, 2.24) is 9.97 Å². The van der Waals surface area contributed by atoms with E-state index in [1.807, 2.05) is 0 Å². The number of oxime groups is 1. The molecule has 0 atom stereocenters. The maximum atomic E-state index is 8.67. The Morgan fingerprint density at radius 2 is 2.33 bits per heavy atom. The molecule has 1 aliphatic carbocycles. The summed E-state index contributed by atoms with van der Waals surface area (Å²) in [6.07, 6.45) is 4.20. The highest BCUT2D eigenvalue weighted by molar-refractivity contribution is 5.95. The number of anilines is 1. The van der Waals surface area contributed by atoms with Crippen molar-refractivity contribution in [2.24, 2.45) is 16.8 Å². The van der Waals surface area contributed by atoms with Crippen LogP contribution in [0.25, 0.3) is 0 Å². The summed E-state index contributed by atoms with van der Waals surface area (Å²) in [6.45, 7) is 5.20. The molecule has 0 saturated heterocycles. The Bertz CT molecular complexity index is 442. The number of nitrogens with two attached hydrogens (primary N) is 1. The van der Waals surface area contributed by atoms with E-state index in [-0.39, 0.29) is 5.84 Å². The van der Waals surface area contributed by atoms with Gasteiger partial charge in [0.15, 0.2) is 5.84 Å². The van der Waals surface area contributed by atoms with Gasteiger partial charge in [-0.15, -0.1) is 0 Å². The van der Waals surface area contributed by atoms with E-state index >= 15 is 0 Å². The summed E-state index contributed by atoms with van der Waals surface area (Å²) in [5.41, 5.74) is 5.99. The third kappa shape index (κ3) is 2.88. The average Bonchev–Trinajstić information content (AvgIpc) is 3.18. The highest BCUT2D eigenvalue weighted by Gasteiger charge is 2.27. The summed E-state index contributed by atoms with van der Waals surface area (Å²) in [6, 6.07) is 1.96. The first-order valence-electron chi connectivity index (χ1n) is 6.19. The maximum absolute atomic E-state index is 8.67. The minimum atomic E-state index is 0.00813. The van der Waals surface area contributed by atoms with Gasteiger partial charge in [0.1, 0.15) is 5.69 Å². The lowest BCUT2D eigenvalue weighted by atomic mass is 10.3. The maximum Gasteiger partial charge on any atom is 0.226 e. The van der Waals surface area contributed by atoms with Crippen molar-refractivity contribution in [3.63, 3.8) is 0 Å². The van der Waals surface area contributed by atoms with Crippen molar-refractivity contribution < 1.29 is 5.21 Å². The first-order valence-corrected chi connectivity index (χ1v) is 6.19. The van der Waals surface area contributed by atoms with Gasteiger partial charge in [-0.3, -0.25) is 0 Å². The van der Waals surface area contributed by atoms with E-state index in [0.29, 0.717) is 17.7 Å². The first kappa shape index (κ1) is 12.6. The van der Waals surface area contributed by atoms with Crippen molar-refractivity contribution in [2.75, 3.05) is 11.4 Å². The molecule has 2 rings (SSSR count). The number of hydrogen-bond acceptors (Lipinski definition) is 5. The number of hydrogen-bond donors (Lipinski definition) is 2. The molecule has 1 fully saturated rings. The second-order valence-corrected chi connectivity index (χ2v) is 4.92. The molecule has 0 amide bonds. The van der Waals surface area contributed by atoms with Gasteiger partial charge in [-0.2, -0.15) is 0 Å². The van der Waals surface area contributed by atoms with Crippen LogP contribution < -0.4 is 10.6 Å². The molecule has 0 spiro atoms. The molecule has 98 valence electrons. The molecule has 1 aromatic heterocycles. The van der Waals surface area contributed by atoms with Crippen LogP contribution in [-0.2, 0) is 0 Å². The fraction of sp³-hybridized carbons (Fsp3) is 0.583. The predicted molar refractivity (Wildman–Crippen MR) is 69.7 cm³/mol. The Morgan fingerprint density at radius 1 is 1.61 bits per heavy atom. The van der Waals surface area contributed by atoms with Gasteiger partial charge in [0.2, 0.25) is 5.95 Å². The average molecular weight is 249 g/mol. The lowest BCUT2D eigenvalue weighted by Crippen LogP contribution is -2.34. The van der Waals surface area contributed by atoms with E-state index in [1.165, 1.54) is 12.8 Å². The minimum Gasteiger partial charge on any atom is -0.409 e. The minimum absolute atomic E-state index is 0.00813. The summed E-state index contributed by atoms with van der Waals surface area (Å²) in [5.74, 6) is 1.40. The fourth-order valence-corrected chi connectivity index (χ4v) is 1.78. The predicted octanol–water partition coefficient (Wildman–Crippen LogP) is 1.20. The molecule has 0 aromatic carbocycles. The molecule has 0 bridgehead atoms. The van der Waals surface area contributed by atoms with Crippen molar-refractivity contribution in [1.29, 1.82) is 0 Å². The van der Waals surface area contributed by atoms with E-state index < -0.39 is 0 Å². The lowest BCUT2D eigenvalue weighted by Gasteiger charge is -2.26. The van der Waals surface area contributed by atoms with E-state index in [2.05, 4.69) is 33.9 Å². The lowest BCUT2D eigenvalue weighted by molar-refractivity contribution is 0.318. The third-order valence-electron chi connectivity index (χ3n) is 3.05. The molecule has 0 aliphatic heterocycles. The Hall–Kier alpha value is -1.85. The standard InChI is InChI=1S/C12H19N5O/c1-8(2)17(7-9-3-4-9)12-14-6-5-10(15-12)11(13)16-18/h5-6,8-9,18H,3-4,7H2,1-2H3,(H2,13,16). The van der Waals surface area contributed by atoms with Gasteiger partial charge in [0.25, 0.3) is 0 Å². The van der Waals surface area contributed by atoms with Crippen LogP contribution in [0.15, 0.2) is 17.4 Å². The zero-order valence-electron chi connectivity index (χ0n) is 10.7. The summed E-state index contributed by atoms with van der Waals surface area (Å²) < 4.78 is 0. The molecular weight excluding hydrogens is 230 g/mol. The number of amidine groups is 1. The second kappa shape index (κ2) is 5.20. The van der Waals surface area contributed by atoms with E-state index in [0.717, 1.165) is 12.5 Å². The highest BCUT2D eigenvalue weighted by Crippen LogP contribution is 2.31. The summed E-state index contributed by atoms with van der Waals surface area (Å²) in [5, 5.41) is 11.6. The van der Waals surface area contributed by atoms with Crippen LogP contribution >= 0.6 is 0 Å². The monoisotopic (exact) mass is 249 g/mol. The van der Waals surface area contributed by atoms with Gasteiger partial charge in [-0.1, -0.05) is 5.16 Å². The zero-order valence-corrected chi connectivity index (χ0v) is 10.7. The summed E-state index contributed by atoms with van der Waals surface area (Å²) >= 11 is 0. The molecule has 1 aromatic rings. The molecular formula is C12H19N5O. The molecule has 1 aliphatic rings. The Morgan fingerprint density at radius 3 is 2.89 bits per heavy atom. The summed E-state index contributed by atoms with van der Waals surface area (Å²) in [4.78, 5) is 10.8. The van der Waals surface area contributed by atoms with Crippen LogP contribution in [0.4, 0.5) is 5.95 Å². The van der Waals surface area contributed by atoms with Crippen molar-refractivity contribution in [3.8, 4) is 0 Å². The van der Waals surface area contributed by atoms with Crippen molar-refractivity contribution >= 4 is 11.8 Å². The molecule has 0 unspecified atom stereocenters. The third-order valence-corrected chi connectivity index (χ3v) is 3.05. The quantitative estimate of drug-likeness (QED) is 0.354. The van der Waals surface area contributed by atoms with Crippen LogP contribution in [0.2, 0.25) is 0 Å². The van der Waals surface area contributed by atoms with Crippen LogP contribution in [0.5, 0.6) is 0 Å². The van der Waals surface area contributed by atoms with Crippen LogP contribution in [0.1, 0.15) is 32.4 Å². The van der Waals surface area contributed by atoms with Crippen LogP contribution in [0, 0.1) is 5.92 Å². The molecule has 3 N–H and O–H groups in total. The molecule has 1 saturated carbocycles. The van der Waals surface area contributed by atoms with Crippen LogP contribution in [0.3, 0.4) is 0 Å². The molecule has 18 heavy (non-hydrogen) atoms. The fourth-order valence-electron chi connectivity index (χ4n) is 1.78.